The van der Waals surface area contributed by atoms with E-state index in [1.807, 2.05) is 26.8 Å². The summed E-state index contributed by atoms with van der Waals surface area (Å²) >= 11 is 3.44. The third-order valence-electron chi connectivity index (χ3n) is 3.48. The molecule has 2 nitrogen and oxygen atoms in total. The van der Waals surface area contributed by atoms with Crippen LogP contribution in [-0.4, -0.2) is 5.11 Å². The van der Waals surface area contributed by atoms with E-state index in [1.54, 1.807) is 19.1 Å². The van der Waals surface area contributed by atoms with E-state index in [9.17, 15) is 9.90 Å². The summed E-state index contributed by atoms with van der Waals surface area (Å²) in [4.78, 5) is 12.1. The van der Waals surface area contributed by atoms with Gasteiger partial charge in [-0.25, -0.2) is 0 Å². The molecule has 0 saturated heterocycles. The van der Waals surface area contributed by atoms with Gasteiger partial charge in [-0.05, 0) is 43.0 Å². The third-order valence-corrected chi connectivity index (χ3v) is 4.11. The van der Waals surface area contributed by atoms with Crippen LogP contribution in [0.25, 0.3) is 4.48 Å². The van der Waals surface area contributed by atoms with Crippen molar-refractivity contribution < 1.29 is 5.11 Å². The molecule has 3 heteroatoms. The summed E-state index contributed by atoms with van der Waals surface area (Å²) in [6.45, 7) is 7.64. The maximum atomic E-state index is 12.1. The van der Waals surface area contributed by atoms with Gasteiger partial charge in [-0.3, -0.25) is 4.79 Å². The van der Waals surface area contributed by atoms with Crippen LogP contribution >= 0.6 is 15.9 Å². The molecule has 0 spiro atoms. The second-order valence-electron chi connectivity index (χ2n) is 5.36. The molecule has 1 aliphatic rings. The van der Waals surface area contributed by atoms with Crippen LogP contribution in [0.5, 0.6) is 0 Å². The smallest absolute Gasteiger partial charge is 0.182 e. The first-order chi connectivity index (χ1) is 8.24. The summed E-state index contributed by atoms with van der Waals surface area (Å²) in [7, 11) is 0. The van der Waals surface area contributed by atoms with Crippen molar-refractivity contribution in [1.82, 2.24) is 0 Å². The Bertz CT molecular complexity index is 598. The molecule has 1 unspecified atom stereocenters. The first kappa shape index (κ1) is 13.5. The minimum atomic E-state index is -1.02. The van der Waals surface area contributed by atoms with Gasteiger partial charge in [-0.2, -0.15) is 0 Å². The number of aliphatic hydroxyl groups is 1. The number of rotatable bonds is 1. The molecule has 0 bridgehead atoms. The van der Waals surface area contributed by atoms with E-state index in [4.69, 9.17) is 0 Å². The molecule has 1 aromatic carbocycles. The Morgan fingerprint density at radius 3 is 2.50 bits per heavy atom. The lowest BCUT2D eigenvalue weighted by atomic mass is 9.96. The standard InChI is InChI=1S/C15H17BrO2/c1-8(2)10-5-11-14(9(3)13(17)6-10)12(16)7-15(11,4)18/h5-8,18H,1-4H3. The van der Waals surface area contributed by atoms with E-state index in [0.717, 1.165) is 21.2 Å². The molecule has 1 N–H and O–H groups in total. The van der Waals surface area contributed by atoms with Gasteiger partial charge in [-0.1, -0.05) is 35.8 Å². The van der Waals surface area contributed by atoms with E-state index in [0.29, 0.717) is 5.56 Å². The topological polar surface area (TPSA) is 37.3 Å². The van der Waals surface area contributed by atoms with Crippen LogP contribution in [0, 0.1) is 6.92 Å². The third kappa shape index (κ3) is 2.06. The monoisotopic (exact) mass is 308 g/mol. The van der Waals surface area contributed by atoms with E-state index >= 15 is 0 Å². The average Bonchev–Trinajstić information content (AvgIpc) is 2.38. The Labute approximate surface area is 115 Å². The number of hydrogen-bond acceptors (Lipinski definition) is 2. The van der Waals surface area contributed by atoms with Gasteiger partial charge < -0.3 is 5.11 Å². The van der Waals surface area contributed by atoms with Crippen molar-refractivity contribution in [3.05, 3.63) is 50.7 Å². The van der Waals surface area contributed by atoms with Crippen molar-refractivity contribution in [2.24, 2.45) is 0 Å². The van der Waals surface area contributed by atoms with Crippen molar-refractivity contribution in [3.8, 4) is 0 Å². The molecular formula is C15H17BrO2. The zero-order valence-corrected chi connectivity index (χ0v) is 12.6. The maximum Gasteiger partial charge on any atom is 0.182 e. The Balaban J connectivity index is 2.90. The minimum absolute atomic E-state index is 0.0167. The summed E-state index contributed by atoms with van der Waals surface area (Å²) in [6.07, 6.45) is 1.74. The first-order valence-electron chi connectivity index (χ1n) is 6.04. The fourth-order valence-corrected chi connectivity index (χ4v) is 3.26. The summed E-state index contributed by atoms with van der Waals surface area (Å²) in [6, 6.07) is 3.62. The Morgan fingerprint density at radius 1 is 1.33 bits per heavy atom. The lowest BCUT2D eigenvalue weighted by molar-refractivity contribution is 0.115. The largest absolute Gasteiger partial charge is 0.381 e. The van der Waals surface area contributed by atoms with Crippen LogP contribution in [0.15, 0.2) is 23.0 Å². The normalized spacial score (nSPS) is 22.1. The zero-order chi connectivity index (χ0) is 13.7. The molecule has 1 aliphatic carbocycles. The van der Waals surface area contributed by atoms with Crippen LogP contribution in [0.3, 0.4) is 0 Å². The molecule has 0 fully saturated rings. The number of hydrogen-bond donors (Lipinski definition) is 1. The molecule has 1 atom stereocenters. The van der Waals surface area contributed by atoms with Crippen LogP contribution in [0.1, 0.15) is 48.9 Å². The van der Waals surface area contributed by atoms with E-state index in [1.165, 1.54) is 0 Å². The number of fused-ring (bicyclic) bond motifs is 1. The molecule has 18 heavy (non-hydrogen) atoms. The predicted octanol–water partition coefficient (Wildman–Crippen LogP) is 3.44. The molecule has 96 valence electrons. The molecule has 0 aromatic heterocycles. The van der Waals surface area contributed by atoms with Crippen LogP contribution in [0.4, 0.5) is 0 Å². The van der Waals surface area contributed by atoms with Gasteiger partial charge >= 0.3 is 0 Å². The second-order valence-corrected chi connectivity index (χ2v) is 6.22. The highest BCUT2D eigenvalue weighted by Crippen LogP contribution is 2.42. The summed E-state index contributed by atoms with van der Waals surface area (Å²) in [5, 5.41) is 10.4. The average molecular weight is 309 g/mol. The van der Waals surface area contributed by atoms with Gasteiger partial charge in [0, 0.05) is 15.6 Å². The maximum absolute atomic E-state index is 12.1. The van der Waals surface area contributed by atoms with Crippen molar-refractivity contribution in [3.63, 3.8) is 0 Å². The number of halogens is 1. The molecule has 0 heterocycles. The van der Waals surface area contributed by atoms with Crippen LogP contribution < -0.4 is 5.43 Å². The van der Waals surface area contributed by atoms with E-state index in [-0.39, 0.29) is 11.3 Å². The highest BCUT2D eigenvalue weighted by atomic mass is 79.9. The lowest BCUT2D eigenvalue weighted by Crippen LogP contribution is -2.15. The van der Waals surface area contributed by atoms with Crippen molar-refractivity contribution in [2.75, 3.05) is 0 Å². The van der Waals surface area contributed by atoms with Crippen molar-refractivity contribution in [2.45, 2.75) is 39.2 Å². The molecular weight excluding hydrogens is 292 g/mol. The van der Waals surface area contributed by atoms with Crippen molar-refractivity contribution >= 4 is 20.4 Å². The molecule has 0 amide bonds. The summed E-state index contributed by atoms with van der Waals surface area (Å²) in [5.41, 5.74) is 2.27. The van der Waals surface area contributed by atoms with Gasteiger partial charge in [-0.15, -0.1) is 0 Å². The quantitative estimate of drug-likeness (QED) is 0.863. The van der Waals surface area contributed by atoms with Gasteiger partial charge in [0.05, 0.1) is 0 Å². The highest BCUT2D eigenvalue weighted by Gasteiger charge is 2.32. The Morgan fingerprint density at radius 2 is 1.94 bits per heavy atom. The SMILES string of the molecule is Cc1c2c(cc(C(C)C)cc1=O)C(C)(O)C=C2Br. The molecule has 0 aliphatic heterocycles. The van der Waals surface area contributed by atoms with Gasteiger partial charge in [0.1, 0.15) is 5.60 Å². The van der Waals surface area contributed by atoms with Crippen molar-refractivity contribution in [1.29, 1.82) is 0 Å². The van der Waals surface area contributed by atoms with Crippen LogP contribution in [0.2, 0.25) is 0 Å². The summed E-state index contributed by atoms with van der Waals surface area (Å²) in [5.74, 6) is 0.253. The Kier molecular flexibility index (Phi) is 3.24. The fourth-order valence-electron chi connectivity index (χ4n) is 2.30. The van der Waals surface area contributed by atoms with Crippen LogP contribution in [-0.2, 0) is 5.60 Å². The molecule has 1 aromatic rings. The van der Waals surface area contributed by atoms with Gasteiger partial charge in [0.15, 0.2) is 5.43 Å². The molecule has 2 rings (SSSR count). The highest BCUT2D eigenvalue weighted by molar-refractivity contribution is 9.15. The van der Waals surface area contributed by atoms with Gasteiger partial charge in [0.2, 0.25) is 0 Å². The fraction of sp³-hybridized carbons (Fsp3) is 0.400. The van der Waals surface area contributed by atoms with E-state index < -0.39 is 5.60 Å². The van der Waals surface area contributed by atoms with E-state index in [2.05, 4.69) is 15.9 Å². The molecule has 0 radical (unpaired) electrons. The Hall–Kier alpha value is -0.930. The van der Waals surface area contributed by atoms with Gasteiger partial charge in [0.25, 0.3) is 0 Å². The predicted molar refractivity (Wildman–Crippen MR) is 78.0 cm³/mol. The summed E-state index contributed by atoms with van der Waals surface area (Å²) < 4.78 is 0.794. The molecule has 0 saturated carbocycles. The second kappa shape index (κ2) is 4.32. The zero-order valence-electron chi connectivity index (χ0n) is 11.0. The lowest BCUT2D eigenvalue weighted by Gasteiger charge is -2.16. The minimum Gasteiger partial charge on any atom is -0.381 e. The first-order valence-corrected chi connectivity index (χ1v) is 6.84.